The quantitative estimate of drug-likeness (QED) is 0.747. The number of rotatable bonds is 2. The summed E-state index contributed by atoms with van der Waals surface area (Å²) in [4.78, 5) is 4.38. The molecule has 2 heteroatoms. The van der Waals surface area contributed by atoms with Crippen LogP contribution in [0.2, 0.25) is 0 Å². The standard InChI is InChI=1S/C11H15NO/c1-9-4-2-7-12-10(9)11(8-13)5-3-6-11/h2,4,7,13H,3,5-6,8H2,1H3. The number of hydrogen-bond donors (Lipinski definition) is 1. The number of aryl methyl sites for hydroxylation is 1. The average molecular weight is 177 g/mol. The molecule has 1 fully saturated rings. The first-order valence-corrected chi connectivity index (χ1v) is 4.81. The maximum absolute atomic E-state index is 9.37. The van der Waals surface area contributed by atoms with Crippen molar-refractivity contribution >= 4 is 0 Å². The van der Waals surface area contributed by atoms with Crippen molar-refractivity contribution in [3.63, 3.8) is 0 Å². The van der Waals surface area contributed by atoms with Crippen molar-refractivity contribution in [1.82, 2.24) is 4.98 Å². The topological polar surface area (TPSA) is 33.1 Å². The highest BCUT2D eigenvalue weighted by Crippen LogP contribution is 2.43. The lowest BCUT2D eigenvalue weighted by Crippen LogP contribution is -2.39. The highest BCUT2D eigenvalue weighted by Gasteiger charge is 2.40. The highest BCUT2D eigenvalue weighted by molar-refractivity contribution is 5.28. The minimum atomic E-state index is -0.00859. The molecule has 0 spiro atoms. The molecule has 1 aliphatic rings. The Balaban J connectivity index is 2.38. The van der Waals surface area contributed by atoms with E-state index in [1.807, 2.05) is 12.3 Å². The second-order valence-electron chi connectivity index (χ2n) is 3.96. The van der Waals surface area contributed by atoms with Gasteiger partial charge in [0.25, 0.3) is 0 Å². The number of pyridine rings is 1. The maximum Gasteiger partial charge on any atom is 0.0543 e. The van der Waals surface area contributed by atoms with Crippen molar-refractivity contribution in [3.05, 3.63) is 29.6 Å². The van der Waals surface area contributed by atoms with Crippen LogP contribution in [0.15, 0.2) is 18.3 Å². The Bertz CT molecular complexity index is 299. The van der Waals surface area contributed by atoms with Crippen LogP contribution in [-0.4, -0.2) is 16.7 Å². The Labute approximate surface area is 78.6 Å². The lowest BCUT2D eigenvalue weighted by molar-refractivity contribution is 0.115. The molecule has 1 heterocycles. The molecule has 1 aromatic heterocycles. The van der Waals surface area contributed by atoms with Gasteiger partial charge in [0.1, 0.15) is 0 Å². The van der Waals surface area contributed by atoms with E-state index in [-0.39, 0.29) is 12.0 Å². The van der Waals surface area contributed by atoms with E-state index in [4.69, 9.17) is 0 Å². The fourth-order valence-electron chi connectivity index (χ4n) is 2.11. The molecule has 2 rings (SSSR count). The van der Waals surface area contributed by atoms with Crippen LogP contribution in [0.1, 0.15) is 30.5 Å². The van der Waals surface area contributed by atoms with Gasteiger partial charge < -0.3 is 5.11 Å². The summed E-state index contributed by atoms with van der Waals surface area (Å²) in [5, 5.41) is 9.37. The van der Waals surface area contributed by atoms with Crippen molar-refractivity contribution in [2.75, 3.05) is 6.61 Å². The minimum absolute atomic E-state index is 0.00859. The first-order chi connectivity index (χ1) is 6.28. The second kappa shape index (κ2) is 3.11. The molecule has 0 unspecified atom stereocenters. The van der Waals surface area contributed by atoms with E-state index in [0.29, 0.717) is 0 Å². The predicted molar refractivity (Wildman–Crippen MR) is 51.6 cm³/mol. The molecule has 1 aliphatic carbocycles. The van der Waals surface area contributed by atoms with Gasteiger partial charge in [-0.05, 0) is 31.4 Å². The first-order valence-electron chi connectivity index (χ1n) is 4.81. The van der Waals surface area contributed by atoms with E-state index < -0.39 is 0 Å². The molecule has 0 aliphatic heterocycles. The molecular weight excluding hydrogens is 162 g/mol. The van der Waals surface area contributed by atoms with Gasteiger partial charge in [0.2, 0.25) is 0 Å². The normalized spacial score (nSPS) is 19.5. The summed E-state index contributed by atoms with van der Waals surface area (Å²) in [5.41, 5.74) is 2.30. The van der Waals surface area contributed by atoms with Gasteiger partial charge >= 0.3 is 0 Å². The smallest absolute Gasteiger partial charge is 0.0543 e. The monoisotopic (exact) mass is 177 g/mol. The summed E-state index contributed by atoms with van der Waals surface area (Å²) in [6.45, 7) is 2.31. The van der Waals surface area contributed by atoms with Gasteiger partial charge in [-0.25, -0.2) is 0 Å². The summed E-state index contributed by atoms with van der Waals surface area (Å²) < 4.78 is 0. The van der Waals surface area contributed by atoms with Crippen LogP contribution in [0.5, 0.6) is 0 Å². The molecule has 0 saturated heterocycles. The molecule has 1 N–H and O–H groups in total. The van der Waals surface area contributed by atoms with E-state index in [0.717, 1.165) is 18.5 Å². The van der Waals surface area contributed by atoms with Crippen LogP contribution in [0.4, 0.5) is 0 Å². The summed E-state index contributed by atoms with van der Waals surface area (Å²) in [6.07, 6.45) is 5.21. The van der Waals surface area contributed by atoms with Crippen LogP contribution in [0, 0.1) is 6.92 Å². The fraction of sp³-hybridized carbons (Fsp3) is 0.545. The van der Waals surface area contributed by atoms with E-state index in [2.05, 4.69) is 18.0 Å². The van der Waals surface area contributed by atoms with Gasteiger partial charge in [0, 0.05) is 11.6 Å². The van der Waals surface area contributed by atoms with E-state index in [1.54, 1.807) is 0 Å². The van der Waals surface area contributed by atoms with Crippen LogP contribution in [0.3, 0.4) is 0 Å². The van der Waals surface area contributed by atoms with Gasteiger partial charge in [0.15, 0.2) is 0 Å². The summed E-state index contributed by atoms with van der Waals surface area (Å²) in [5.74, 6) is 0. The van der Waals surface area contributed by atoms with Crippen LogP contribution < -0.4 is 0 Å². The number of aliphatic hydroxyl groups excluding tert-OH is 1. The highest BCUT2D eigenvalue weighted by atomic mass is 16.3. The molecule has 0 bridgehead atoms. The van der Waals surface area contributed by atoms with E-state index in [1.165, 1.54) is 12.0 Å². The molecule has 0 aromatic carbocycles. The molecule has 70 valence electrons. The number of aromatic nitrogens is 1. The predicted octanol–water partition coefficient (Wildman–Crippen LogP) is 1.80. The van der Waals surface area contributed by atoms with Crippen molar-refractivity contribution < 1.29 is 5.11 Å². The SMILES string of the molecule is Cc1cccnc1C1(CO)CCC1. The zero-order chi connectivity index (χ0) is 9.31. The zero-order valence-electron chi connectivity index (χ0n) is 7.95. The van der Waals surface area contributed by atoms with Crippen molar-refractivity contribution in [2.45, 2.75) is 31.6 Å². The second-order valence-corrected chi connectivity index (χ2v) is 3.96. The molecule has 0 radical (unpaired) electrons. The van der Waals surface area contributed by atoms with Crippen LogP contribution in [0.25, 0.3) is 0 Å². The third kappa shape index (κ3) is 1.25. The molecule has 2 nitrogen and oxygen atoms in total. The van der Waals surface area contributed by atoms with Gasteiger partial charge in [-0.15, -0.1) is 0 Å². The van der Waals surface area contributed by atoms with Crippen molar-refractivity contribution in [2.24, 2.45) is 0 Å². The van der Waals surface area contributed by atoms with Gasteiger partial charge in [0.05, 0.1) is 12.3 Å². The fourth-order valence-corrected chi connectivity index (χ4v) is 2.11. The van der Waals surface area contributed by atoms with E-state index >= 15 is 0 Å². The largest absolute Gasteiger partial charge is 0.395 e. The van der Waals surface area contributed by atoms with Gasteiger partial charge in [-0.3, -0.25) is 4.98 Å². The molecule has 0 atom stereocenters. The number of nitrogens with zero attached hydrogens (tertiary/aromatic N) is 1. The Morgan fingerprint density at radius 2 is 2.31 bits per heavy atom. The molecule has 13 heavy (non-hydrogen) atoms. The first kappa shape index (κ1) is 8.70. The maximum atomic E-state index is 9.37. The number of aliphatic hydroxyl groups is 1. The number of hydrogen-bond acceptors (Lipinski definition) is 2. The summed E-state index contributed by atoms with van der Waals surface area (Å²) in [6, 6.07) is 4.01. The van der Waals surface area contributed by atoms with Crippen molar-refractivity contribution in [1.29, 1.82) is 0 Å². The van der Waals surface area contributed by atoms with Crippen molar-refractivity contribution in [3.8, 4) is 0 Å². The Kier molecular flexibility index (Phi) is 2.08. The Morgan fingerprint density at radius 3 is 2.77 bits per heavy atom. The van der Waals surface area contributed by atoms with Crippen LogP contribution >= 0.6 is 0 Å². The van der Waals surface area contributed by atoms with Gasteiger partial charge in [-0.1, -0.05) is 12.5 Å². The molecule has 1 aromatic rings. The van der Waals surface area contributed by atoms with E-state index in [9.17, 15) is 5.11 Å². The third-order valence-electron chi connectivity index (χ3n) is 3.13. The Hall–Kier alpha value is -0.890. The summed E-state index contributed by atoms with van der Waals surface area (Å²) in [7, 11) is 0. The third-order valence-corrected chi connectivity index (χ3v) is 3.13. The minimum Gasteiger partial charge on any atom is -0.395 e. The van der Waals surface area contributed by atoms with Crippen LogP contribution in [-0.2, 0) is 5.41 Å². The molecular formula is C11H15NO. The average Bonchev–Trinajstić information content (AvgIpc) is 2.07. The lowest BCUT2D eigenvalue weighted by atomic mass is 9.66. The Morgan fingerprint density at radius 1 is 1.54 bits per heavy atom. The lowest BCUT2D eigenvalue weighted by Gasteiger charge is -2.40. The molecule has 1 saturated carbocycles. The summed E-state index contributed by atoms with van der Waals surface area (Å²) >= 11 is 0. The van der Waals surface area contributed by atoms with Gasteiger partial charge in [-0.2, -0.15) is 0 Å². The molecule has 0 amide bonds. The zero-order valence-corrected chi connectivity index (χ0v) is 7.95.